The quantitative estimate of drug-likeness (QED) is 0.810. The van der Waals surface area contributed by atoms with E-state index in [2.05, 4.69) is 13.8 Å². The molecule has 0 fully saturated rings. The number of furan rings is 1. The van der Waals surface area contributed by atoms with Crippen LogP contribution in [0.4, 0.5) is 5.69 Å². The Labute approximate surface area is 93.2 Å². The third kappa shape index (κ3) is 1.52. The SMILES string of the molecule is CC(C)c1ccc2c(N)c(C(N)=O)oc2c1. The fourth-order valence-electron chi connectivity index (χ4n) is 1.68. The predicted octanol–water partition coefficient (Wildman–Crippen LogP) is 2.24. The monoisotopic (exact) mass is 218 g/mol. The summed E-state index contributed by atoms with van der Waals surface area (Å²) in [5, 5.41) is 0.734. The molecule has 0 aliphatic carbocycles. The largest absolute Gasteiger partial charge is 0.449 e. The summed E-state index contributed by atoms with van der Waals surface area (Å²) < 4.78 is 5.35. The zero-order valence-corrected chi connectivity index (χ0v) is 9.28. The summed E-state index contributed by atoms with van der Waals surface area (Å²) in [5.41, 5.74) is 13.0. The summed E-state index contributed by atoms with van der Waals surface area (Å²) in [4.78, 5) is 11.1. The molecule has 0 radical (unpaired) electrons. The van der Waals surface area contributed by atoms with E-state index in [4.69, 9.17) is 15.9 Å². The van der Waals surface area contributed by atoms with Crippen LogP contribution in [0.15, 0.2) is 22.6 Å². The van der Waals surface area contributed by atoms with Gasteiger partial charge in [0.1, 0.15) is 5.58 Å². The number of nitrogen functional groups attached to an aromatic ring is 1. The molecule has 2 rings (SSSR count). The van der Waals surface area contributed by atoms with Gasteiger partial charge in [0, 0.05) is 5.39 Å². The Morgan fingerprint density at radius 1 is 1.38 bits per heavy atom. The van der Waals surface area contributed by atoms with Crippen molar-refractivity contribution >= 4 is 22.6 Å². The second-order valence-corrected chi connectivity index (χ2v) is 4.12. The van der Waals surface area contributed by atoms with Crippen molar-refractivity contribution in [2.24, 2.45) is 5.73 Å². The Kier molecular flexibility index (Phi) is 2.34. The fourth-order valence-corrected chi connectivity index (χ4v) is 1.68. The van der Waals surface area contributed by atoms with Crippen molar-refractivity contribution < 1.29 is 9.21 Å². The molecule has 0 unspecified atom stereocenters. The van der Waals surface area contributed by atoms with Crippen molar-refractivity contribution in [3.05, 3.63) is 29.5 Å². The third-order valence-electron chi connectivity index (χ3n) is 2.64. The maximum absolute atomic E-state index is 11.1. The molecule has 16 heavy (non-hydrogen) atoms. The number of anilines is 1. The summed E-state index contributed by atoms with van der Waals surface area (Å²) in [7, 11) is 0. The van der Waals surface area contributed by atoms with Gasteiger partial charge in [0.15, 0.2) is 0 Å². The Morgan fingerprint density at radius 2 is 2.06 bits per heavy atom. The molecule has 4 N–H and O–H groups in total. The van der Waals surface area contributed by atoms with Crippen LogP contribution in [-0.2, 0) is 0 Å². The second-order valence-electron chi connectivity index (χ2n) is 4.12. The Balaban J connectivity index is 2.67. The van der Waals surface area contributed by atoms with Crippen molar-refractivity contribution in [2.45, 2.75) is 19.8 Å². The Morgan fingerprint density at radius 3 is 2.62 bits per heavy atom. The number of nitrogens with two attached hydrogens (primary N) is 2. The molecule has 1 heterocycles. The molecule has 0 saturated heterocycles. The van der Waals surface area contributed by atoms with Crippen molar-refractivity contribution in [1.29, 1.82) is 0 Å². The maximum Gasteiger partial charge on any atom is 0.286 e. The van der Waals surface area contributed by atoms with E-state index in [0.717, 1.165) is 10.9 Å². The highest BCUT2D eigenvalue weighted by Gasteiger charge is 2.16. The number of rotatable bonds is 2. The first-order chi connectivity index (χ1) is 7.50. The van der Waals surface area contributed by atoms with E-state index in [1.807, 2.05) is 18.2 Å². The van der Waals surface area contributed by atoms with Crippen LogP contribution in [0.3, 0.4) is 0 Å². The molecular formula is C12H14N2O2. The Bertz CT molecular complexity index is 555. The highest BCUT2D eigenvalue weighted by atomic mass is 16.3. The van der Waals surface area contributed by atoms with E-state index >= 15 is 0 Å². The van der Waals surface area contributed by atoms with Crippen LogP contribution in [0, 0.1) is 0 Å². The number of carbonyl (C=O) groups excluding carboxylic acids is 1. The molecule has 0 bridgehead atoms. The first-order valence-electron chi connectivity index (χ1n) is 5.12. The van der Waals surface area contributed by atoms with E-state index in [1.165, 1.54) is 0 Å². The average Bonchev–Trinajstić information content (AvgIpc) is 2.55. The molecule has 0 aliphatic rings. The van der Waals surface area contributed by atoms with E-state index < -0.39 is 5.91 Å². The van der Waals surface area contributed by atoms with E-state index in [0.29, 0.717) is 17.2 Å². The van der Waals surface area contributed by atoms with Gasteiger partial charge >= 0.3 is 0 Å². The normalized spacial score (nSPS) is 11.2. The van der Waals surface area contributed by atoms with Gasteiger partial charge in [-0.25, -0.2) is 0 Å². The second kappa shape index (κ2) is 3.56. The molecule has 0 atom stereocenters. The van der Waals surface area contributed by atoms with Crippen LogP contribution in [0.1, 0.15) is 35.9 Å². The van der Waals surface area contributed by atoms with Gasteiger partial charge in [-0.1, -0.05) is 19.9 Å². The van der Waals surface area contributed by atoms with Gasteiger partial charge < -0.3 is 15.9 Å². The van der Waals surface area contributed by atoms with Crippen LogP contribution >= 0.6 is 0 Å². The number of amides is 1. The van der Waals surface area contributed by atoms with Gasteiger partial charge in [0.25, 0.3) is 5.91 Å². The lowest BCUT2D eigenvalue weighted by Gasteiger charge is -2.03. The molecule has 0 aliphatic heterocycles. The molecule has 0 saturated carbocycles. The van der Waals surface area contributed by atoms with Gasteiger partial charge in [0.05, 0.1) is 5.69 Å². The van der Waals surface area contributed by atoms with Crippen LogP contribution in [-0.4, -0.2) is 5.91 Å². The van der Waals surface area contributed by atoms with Crippen molar-refractivity contribution in [3.63, 3.8) is 0 Å². The summed E-state index contributed by atoms with van der Waals surface area (Å²) in [6, 6.07) is 5.72. The van der Waals surface area contributed by atoms with Crippen LogP contribution in [0.2, 0.25) is 0 Å². The zero-order chi connectivity index (χ0) is 11.9. The highest BCUT2D eigenvalue weighted by Crippen LogP contribution is 2.30. The first kappa shape index (κ1) is 10.5. The first-order valence-corrected chi connectivity index (χ1v) is 5.12. The lowest BCUT2D eigenvalue weighted by atomic mass is 10.0. The Hall–Kier alpha value is -1.97. The number of fused-ring (bicyclic) bond motifs is 1. The van der Waals surface area contributed by atoms with Gasteiger partial charge in [-0.3, -0.25) is 4.79 Å². The lowest BCUT2D eigenvalue weighted by Crippen LogP contribution is -2.11. The maximum atomic E-state index is 11.1. The van der Waals surface area contributed by atoms with E-state index in [1.54, 1.807) is 0 Å². The average molecular weight is 218 g/mol. The molecular weight excluding hydrogens is 204 g/mol. The minimum absolute atomic E-state index is 0.0379. The molecule has 1 amide bonds. The molecule has 0 spiro atoms. The van der Waals surface area contributed by atoms with Crippen LogP contribution in [0.5, 0.6) is 0 Å². The topological polar surface area (TPSA) is 82.2 Å². The highest BCUT2D eigenvalue weighted by molar-refractivity contribution is 6.04. The molecule has 4 heteroatoms. The lowest BCUT2D eigenvalue weighted by molar-refractivity contribution is 0.0977. The van der Waals surface area contributed by atoms with Gasteiger partial charge in [-0.2, -0.15) is 0 Å². The number of primary amides is 1. The summed E-state index contributed by atoms with van der Waals surface area (Å²) in [6.07, 6.45) is 0. The molecule has 84 valence electrons. The fraction of sp³-hybridized carbons (Fsp3) is 0.250. The van der Waals surface area contributed by atoms with Crippen molar-refractivity contribution in [3.8, 4) is 0 Å². The van der Waals surface area contributed by atoms with E-state index in [-0.39, 0.29) is 5.76 Å². The van der Waals surface area contributed by atoms with Gasteiger partial charge in [-0.15, -0.1) is 0 Å². The summed E-state index contributed by atoms with van der Waals surface area (Å²) in [5.74, 6) is -0.205. The molecule has 1 aromatic heterocycles. The number of benzene rings is 1. The molecule has 4 nitrogen and oxygen atoms in total. The minimum Gasteiger partial charge on any atom is -0.449 e. The number of hydrogen-bond donors (Lipinski definition) is 2. The third-order valence-corrected chi connectivity index (χ3v) is 2.64. The van der Waals surface area contributed by atoms with Gasteiger partial charge in [0.2, 0.25) is 5.76 Å². The van der Waals surface area contributed by atoms with Gasteiger partial charge in [-0.05, 0) is 23.6 Å². The van der Waals surface area contributed by atoms with Crippen LogP contribution in [0.25, 0.3) is 11.0 Å². The van der Waals surface area contributed by atoms with E-state index in [9.17, 15) is 4.79 Å². The summed E-state index contributed by atoms with van der Waals surface area (Å²) in [6.45, 7) is 4.17. The van der Waals surface area contributed by atoms with Crippen molar-refractivity contribution in [1.82, 2.24) is 0 Å². The van der Waals surface area contributed by atoms with Crippen LogP contribution < -0.4 is 11.5 Å². The standard InChI is InChI=1S/C12H14N2O2/c1-6(2)7-3-4-8-9(5-7)16-11(10(8)13)12(14)15/h3-6H,13H2,1-2H3,(H2,14,15). The predicted molar refractivity (Wildman–Crippen MR) is 63.2 cm³/mol. The number of carbonyl (C=O) groups is 1. The minimum atomic E-state index is -0.639. The summed E-state index contributed by atoms with van der Waals surface area (Å²) >= 11 is 0. The zero-order valence-electron chi connectivity index (χ0n) is 9.28. The van der Waals surface area contributed by atoms with Crippen molar-refractivity contribution in [2.75, 3.05) is 5.73 Å². The number of hydrogen-bond acceptors (Lipinski definition) is 3. The molecule has 2 aromatic rings. The smallest absolute Gasteiger partial charge is 0.286 e. The molecule has 1 aromatic carbocycles.